The van der Waals surface area contributed by atoms with Crippen LogP contribution in [0.15, 0.2) is 42.5 Å². The maximum Gasteiger partial charge on any atom is 0.242 e. The van der Waals surface area contributed by atoms with E-state index in [0.717, 1.165) is 17.5 Å². The second kappa shape index (κ2) is 7.21. The van der Waals surface area contributed by atoms with Crippen LogP contribution in [0, 0.1) is 0 Å². The molecule has 1 amide bonds. The highest BCUT2D eigenvalue weighted by atomic mass is 35.5. The summed E-state index contributed by atoms with van der Waals surface area (Å²) in [5, 5.41) is 13.4. The van der Waals surface area contributed by atoms with Gasteiger partial charge in [-0.05, 0) is 36.6 Å². The van der Waals surface area contributed by atoms with Crippen molar-refractivity contribution in [3.05, 3.63) is 58.6 Å². The summed E-state index contributed by atoms with van der Waals surface area (Å²) in [6, 6.07) is 12.2. The molecular weight excluding hydrogens is 326 g/mol. The first-order valence-corrected chi connectivity index (χ1v) is 8.34. The lowest BCUT2D eigenvalue weighted by atomic mass is 9.98. The molecular formula is C18H20ClN3O2. The second-order valence-electron chi connectivity index (χ2n) is 5.85. The predicted octanol–water partition coefficient (Wildman–Crippen LogP) is 3.15. The normalized spacial score (nSPS) is 20.1. The van der Waals surface area contributed by atoms with Crippen molar-refractivity contribution >= 4 is 23.2 Å². The minimum Gasteiger partial charge on any atom is -0.508 e. The third kappa shape index (κ3) is 3.53. The van der Waals surface area contributed by atoms with Crippen molar-refractivity contribution < 1.29 is 9.90 Å². The number of carbonyl (C=O) groups excluding carboxylic acids is 1. The molecule has 0 bridgehead atoms. The van der Waals surface area contributed by atoms with Crippen molar-refractivity contribution in [2.24, 2.45) is 0 Å². The number of rotatable bonds is 4. The second-order valence-corrected chi connectivity index (χ2v) is 6.25. The highest BCUT2D eigenvalue weighted by molar-refractivity contribution is 6.33. The third-order valence-electron chi connectivity index (χ3n) is 4.23. The number of aromatic hydroxyl groups is 1. The third-order valence-corrected chi connectivity index (χ3v) is 4.56. The van der Waals surface area contributed by atoms with Crippen molar-refractivity contribution in [3.63, 3.8) is 0 Å². The molecule has 5 nitrogen and oxygen atoms in total. The molecule has 2 unspecified atom stereocenters. The van der Waals surface area contributed by atoms with E-state index in [2.05, 4.69) is 23.1 Å². The summed E-state index contributed by atoms with van der Waals surface area (Å²) >= 11 is 6.07. The average Bonchev–Trinajstić information content (AvgIpc) is 3.07. The zero-order valence-electron chi connectivity index (χ0n) is 13.3. The number of halogens is 1. The van der Waals surface area contributed by atoms with Crippen molar-refractivity contribution in [1.82, 2.24) is 10.9 Å². The van der Waals surface area contributed by atoms with E-state index in [0.29, 0.717) is 17.1 Å². The van der Waals surface area contributed by atoms with Gasteiger partial charge in [0, 0.05) is 5.56 Å². The molecule has 1 aliphatic rings. The molecule has 1 fully saturated rings. The van der Waals surface area contributed by atoms with Gasteiger partial charge < -0.3 is 10.4 Å². The zero-order valence-corrected chi connectivity index (χ0v) is 14.1. The Bertz CT molecular complexity index is 751. The highest BCUT2D eigenvalue weighted by Gasteiger charge is 2.31. The van der Waals surface area contributed by atoms with Gasteiger partial charge in [0.1, 0.15) is 11.8 Å². The average molecular weight is 346 g/mol. The lowest BCUT2D eigenvalue weighted by molar-refractivity contribution is -0.117. The van der Waals surface area contributed by atoms with E-state index in [-0.39, 0.29) is 17.7 Å². The van der Waals surface area contributed by atoms with Crippen LogP contribution < -0.4 is 16.2 Å². The summed E-state index contributed by atoms with van der Waals surface area (Å²) in [7, 11) is 0. The smallest absolute Gasteiger partial charge is 0.242 e. The molecule has 24 heavy (non-hydrogen) atoms. The Morgan fingerprint density at radius 1 is 1.29 bits per heavy atom. The molecule has 0 aliphatic carbocycles. The number of anilines is 1. The van der Waals surface area contributed by atoms with Crippen LogP contribution >= 0.6 is 11.6 Å². The Morgan fingerprint density at radius 2 is 2.08 bits per heavy atom. The SMILES string of the molecule is CCc1ccc(O)c(C2CC(C(=O)Nc3ccccc3Cl)NN2)c1. The van der Waals surface area contributed by atoms with E-state index in [9.17, 15) is 9.90 Å². The number of hydrazine groups is 1. The molecule has 4 N–H and O–H groups in total. The van der Waals surface area contributed by atoms with Crippen LogP contribution in [0.4, 0.5) is 5.69 Å². The molecule has 2 atom stereocenters. The molecule has 2 aromatic rings. The molecule has 1 saturated heterocycles. The van der Waals surface area contributed by atoms with Crippen LogP contribution in [0.3, 0.4) is 0 Å². The molecule has 0 spiro atoms. The first-order chi connectivity index (χ1) is 11.6. The summed E-state index contributed by atoms with van der Waals surface area (Å²) in [6.45, 7) is 2.07. The number of amides is 1. The summed E-state index contributed by atoms with van der Waals surface area (Å²) in [4.78, 5) is 12.4. The largest absolute Gasteiger partial charge is 0.508 e. The fourth-order valence-corrected chi connectivity index (χ4v) is 3.00. The number of hydrogen-bond acceptors (Lipinski definition) is 4. The van der Waals surface area contributed by atoms with Crippen LogP contribution in [-0.4, -0.2) is 17.1 Å². The van der Waals surface area contributed by atoms with Gasteiger partial charge in [0.2, 0.25) is 5.91 Å². The van der Waals surface area contributed by atoms with Gasteiger partial charge in [0.05, 0.1) is 16.8 Å². The topological polar surface area (TPSA) is 73.4 Å². The first-order valence-electron chi connectivity index (χ1n) is 7.96. The fourth-order valence-electron chi connectivity index (χ4n) is 2.82. The Balaban J connectivity index is 1.69. The molecule has 0 aromatic heterocycles. The molecule has 0 radical (unpaired) electrons. The van der Waals surface area contributed by atoms with Crippen molar-refractivity contribution in [1.29, 1.82) is 0 Å². The maximum atomic E-state index is 12.4. The summed E-state index contributed by atoms with van der Waals surface area (Å²) in [5.41, 5.74) is 8.62. The van der Waals surface area contributed by atoms with Gasteiger partial charge in [-0.1, -0.05) is 42.8 Å². The van der Waals surface area contributed by atoms with Gasteiger partial charge in [-0.3, -0.25) is 4.79 Å². The van der Waals surface area contributed by atoms with Gasteiger partial charge in [0.15, 0.2) is 0 Å². The van der Waals surface area contributed by atoms with Gasteiger partial charge in [0.25, 0.3) is 0 Å². The van der Waals surface area contributed by atoms with E-state index in [1.54, 1.807) is 18.2 Å². The Labute approximate surface area is 146 Å². The quantitative estimate of drug-likeness (QED) is 0.687. The van der Waals surface area contributed by atoms with E-state index in [1.165, 1.54) is 0 Å². The lowest BCUT2D eigenvalue weighted by Gasteiger charge is -2.13. The standard InChI is InChI=1S/C18H20ClN3O2/c1-2-11-7-8-17(23)12(9-11)15-10-16(22-21-15)18(24)20-14-6-4-3-5-13(14)19/h3-9,15-16,21-23H,2,10H2,1H3,(H,20,24). The van der Waals surface area contributed by atoms with Crippen LogP contribution in [-0.2, 0) is 11.2 Å². The fraction of sp³-hybridized carbons (Fsp3) is 0.278. The van der Waals surface area contributed by atoms with Crippen molar-refractivity contribution in [2.45, 2.75) is 31.8 Å². The van der Waals surface area contributed by atoms with Crippen LogP contribution in [0.25, 0.3) is 0 Å². The molecule has 6 heteroatoms. The minimum absolute atomic E-state index is 0.126. The maximum absolute atomic E-state index is 12.4. The lowest BCUT2D eigenvalue weighted by Crippen LogP contribution is -2.39. The molecule has 126 valence electrons. The monoisotopic (exact) mass is 345 g/mol. The summed E-state index contributed by atoms with van der Waals surface area (Å²) < 4.78 is 0. The van der Waals surface area contributed by atoms with Gasteiger partial charge in [-0.25, -0.2) is 10.9 Å². The number of aryl methyl sites for hydroxylation is 1. The Kier molecular flexibility index (Phi) is 5.04. The number of phenols is 1. The number of nitrogens with one attached hydrogen (secondary N) is 3. The minimum atomic E-state index is -0.407. The first kappa shape index (κ1) is 16.8. The Morgan fingerprint density at radius 3 is 2.83 bits per heavy atom. The van der Waals surface area contributed by atoms with Crippen molar-refractivity contribution in [3.8, 4) is 5.75 Å². The molecule has 1 aliphatic heterocycles. The van der Waals surface area contributed by atoms with Crippen LogP contribution in [0.2, 0.25) is 5.02 Å². The summed E-state index contributed by atoms with van der Waals surface area (Å²) in [6.07, 6.45) is 1.43. The van der Waals surface area contributed by atoms with E-state index >= 15 is 0 Å². The van der Waals surface area contributed by atoms with Gasteiger partial charge >= 0.3 is 0 Å². The van der Waals surface area contributed by atoms with Crippen LogP contribution in [0.5, 0.6) is 5.75 Å². The Hall–Kier alpha value is -2.08. The number of phenolic OH excluding ortho intramolecular Hbond substituents is 1. The molecule has 1 heterocycles. The number of benzene rings is 2. The predicted molar refractivity (Wildman–Crippen MR) is 95.0 cm³/mol. The molecule has 0 saturated carbocycles. The van der Waals surface area contributed by atoms with Crippen LogP contribution in [0.1, 0.15) is 30.5 Å². The van der Waals surface area contributed by atoms with E-state index in [4.69, 9.17) is 11.6 Å². The summed E-state index contributed by atoms with van der Waals surface area (Å²) in [5.74, 6) is 0.0721. The zero-order chi connectivity index (χ0) is 17.1. The van der Waals surface area contributed by atoms with Crippen molar-refractivity contribution in [2.75, 3.05) is 5.32 Å². The van der Waals surface area contributed by atoms with Gasteiger partial charge in [-0.2, -0.15) is 0 Å². The molecule has 3 rings (SSSR count). The van der Waals surface area contributed by atoms with Gasteiger partial charge in [-0.15, -0.1) is 0 Å². The number of hydrogen-bond donors (Lipinski definition) is 4. The van der Waals surface area contributed by atoms with E-state index < -0.39 is 6.04 Å². The highest BCUT2D eigenvalue weighted by Crippen LogP contribution is 2.31. The number of carbonyl (C=O) groups is 1. The molecule has 2 aromatic carbocycles. The number of para-hydroxylation sites is 1. The van der Waals surface area contributed by atoms with E-state index in [1.807, 2.05) is 24.3 Å².